The fraction of sp³-hybridized carbons (Fsp3) is 1.00. The van der Waals surface area contributed by atoms with Crippen molar-refractivity contribution >= 4 is 49.8 Å². The van der Waals surface area contributed by atoms with E-state index in [4.69, 9.17) is 20.1 Å². The first-order valence-electron chi connectivity index (χ1n) is 2.05. The molecule has 0 amide bonds. The van der Waals surface area contributed by atoms with E-state index < -0.39 is 12.3 Å². The number of hydrogen-bond donors (Lipinski definition) is 0. The highest BCUT2D eigenvalue weighted by Gasteiger charge is 2.06. The highest BCUT2D eigenvalue weighted by molar-refractivity contribution is 7.33. The largest absolute Gasteiger partial charge is 0.519 e. The van der Waals surface area contributed by atoms with Gasteiger partial charge in [-0.3, -0.25) is 0 Å². The van der Waals surface area contributed by atoms with Crippen LogP contribution in [0.2, 0.25) is 5.28 Å². The molecule has 0 bridgehead atoms. The average molecular weight is 171 g/mol. The number of hydrogen-bond acceptors (Lipinski definition) is 0. The lowest BCUT2D eigenvalue weighted by atomic mass is 10.6. The molecule has 0 rings (SSSR count). The first-order valence-corrected chi connectivity index (χ1v) is 6.36. The van der Waals surface area contributed by atoms with Crippen molar-refractivity contribution in [1.29, 1.82) is 0 Å². The Labute approximate surface area is 68.1 Å². The summed E-state index contributed by atoms with van der Waals surface area (Å²) in [7, 11) is 11.0. The quantitative estimate of drug-likeness (QED) is 0.547. The third kappa shape index (κ3) is 11.3. The fourth-order valence-corrected chi connectivity index (χ4v) is 1.96. The fourth-order valence-electron chi connectivity index (χ4n) is 0.218. The summed E-state index contributed by atoms with van der Waals surface area (Å²) in [5.74, 6) is 0. The molecule has 0 saturated heterocycles. The lowest BCUT2D eigenvalue weighted by Crippen LogP contribution is -1.87. The maximum Gasteiger partial charge on any atom is 0.519 e. The van der Waals surface area contributed by atoms with Crippen molar-refractivity contribution in [3.63, 3.8) is 0 Å². The lowest BCUT2D eigenvalue weighted by molar-refractivity contribution is 1.08. The highest BCUT2D eigenvalue weighted by atomic mass is 35.7. The van der Waals surface area contributed by atoms with Gasteiger partial charge in [-0.25, -0.2) is 20.1 Å². The zero-order valence-electron chi connectivity index (χ0n) is 3.75. The molecule has 4 heteroatoms. The van der Waals surface area contributed by atoms with Crippen LogP contribution in [-0.2, 0) is 0 Å². The van der Waals surface area contributed by atoms with E-state index in [1.807, 2.05) is 0 Å². The minimum atomic E-state index is -1.23. The van der Waals surface area contributed by atoms with Crippen molar-refractivity contribution in [3.8, 4) is 0 Å². The van der Waals surface area contributed by atoms with Crippen LogP contribution in [0.5, 0.6) is 0 Å². The molecule has 0 fully saturated rings. The molecule has 0 aliphatic heterocycles. The molecule has 0 unspecified atom stereocenters. The van der Waals surface area contributed by atoms with Gasteiger partial charge in [0.25, 0.3) is 0 Å². The maximum absolute atomic E-state index is 5.48. The van der Waals surface area contributed by atoms with Crippen LogP contribution in [0.4, 0.5) is 0 Å². The van der Waals surface area contributed by atoms with Crippen LogP contribution in [0.15, 0.2) is 0 Å². The molecule has 0 atom stereocenters. The van der Waals surface area contributed by atoms with Gasteiger partial charge in [-0.1, -0.05) is 18.6 Å². The van der Waals surface area contributed by atoms with Crippen LogP contribution in [-0.4, -0.2) is 29.7 Å². The lowest BCUT2D eigenvalue weighted by Gasteiger charge is -1.82. The number of halogens is 2. The molecule has 0 aromatic rings. The molecule has 0 aliphatic carbocycles. The van der Waals surface area contributed by atoms with Crippen molar-refractivity contribution in [2.45, 2.75) is 18.6 Å². The summed E-state index contributed by atoms with van der Waals surface area (Å²) >= 11 is -1.23. The Bertz CT molecular complexity index is 32.1. The van der Waals surface area contributed by atoms with Crippen molar-refractivity contribution in [2.24, 2.45) is 0 Å². The Morgan fingerprint density at radius 1 is 1.43 bits per heavy atom. The van der Waals surface area contributed by atoms with Gasteiger partial charge >= 0.3 is 12.3 Å². The normalized spacial score (nSPS) is 7.29. The molecule has 0 N–H and O–H groups in total. The van der Waals surface area contributed by atoms with Gasteiger partial charge in [-0.05, 0) is 0 Å². The predicted octanol–water partition coefficient (Wildman–Crippen LogP) is 1.18. The van der Waals surface area contributed by atoms with Gasteiger partial charge in [0.2, 0.25) is 0 Å². The second-order valence-electron chi connectivity index (χ2n) is 1.18. The van der Waals surface area contributed by atoms with Gasteiger partial charge in [0.1, 0.15) is 0 Å². The maximum atomic E-state index is 5.48. The molecular formula is C3H10Al2Cl2. The summed E-state index contributed by atoms with van der Waals surface area (Å²) in [5, 5.41) is 1.04. The first kappa shape index (κ1) is 11.4. The zero-order valence-corrected chi connectivity index (χ0v) is 6.41. The summed E-state index contributed by atoms with van der Waals surface area (Å²) in [5.41, 5.74) is 0. The topological polar surface area (TPSA) is 0 Å². The van der Waals surface area contributed by atoms with Crippen molar-refractivity contribution < 1.29 is 0 Å². The van der Waals surface area contributed by atoms with Crippen LogP contribution in [0, 0.1) is 0 Å². The average Bonchev–Trinajstić information content (AvgIpc) is 1.35. The molecule has 0 saturated carbocycles. The molecule has 0 radical (unpaired) electrons. The van der Waals surface area contributed by atoms with E-state index in [2.05, 4.69) is 6.92 Å². The van der Waals surface area contributed by atoms with Crippen molar-refractivity contribution in [1.82, 2.24) is 0 Å². The van der Waals surface area contributed by atoms with Crippen LogP contribution in [0.1, 0.15) is 13.3 Å². The van der Waals surface area contributed by atoms with E-state index in [1.165, 1.54) is 0 Å². The summed E-state index contributed by atoms with van der Waals surface area (Å²) < 4.78 is 0. The van der Waals surface area contributed by atoms with E-state index in [-0.39, 0.29) is 17.4 Å². The second kappa shape index (κ2) is 7.64. The Kier molecular flexibility index (Phi) is 12.5. The van der Waals surface area contributed by atoms with Crippen LogP contribution < -0.4 is 0 Å². The monoisotopic (exact) mass is 170 g/mol. The molecule has 0 aromatic carbocycles. The highest BCUT2D eigenvalue weighted by Crippen LogP contribution is 2.04. The van der Waals surface area contributed by atoms with E-state index >= 15 is 0 Å². The smallest absolute Gasteiger partial charge is 0.234 e. The minimum Gasteiger partial charge on any atom is -0.234 e. The molecule has 0 aromatic heterocycles. The van der Waals surface area contributed by atoms with Gasteiger partial charge in [0.05, 0.1) is 0 Å². The Morgan fingerprint density at radius 2 is 1.86 bits per heavy atom. The van der Waals surface area contributed by atoms with Gasteiger partial charge in [-0.15, -0.1) is 0 Å². The molecular weight excluding hydrogens is 161 g/mol. The van der Waals surface area contributed by atoms with Crippen molar-refractivity contribution in [2.75, 3.05) is 0 Å². The van der Waals surface area contributed by atoms with Gasteiger partial charge in [0, 0.05) is 0 Å². The van der Waals surface area contributed by atoms with Gasteiger partial charge in [0.15, 0.2) is 17.4 Å². The van der Waals surface area contributed by atoms with Crippen LogP contribution in [0.25, 0.3) is 0 Å². The molecule has 0 aliphatic rings. The van der Waals surface area contributed by atoms with Gasteiger partial charge in [-0.2, -0.15) is 0 Å². The molecule has 42 valence electrons. The first-order chi connectivity index (χ1) is 2.77. The van der Waals surface area contributed by atoms with E-state index in [1.54, 1.807) is 0 Å². The standard InChI is InChI=1S/C3H7.2Al.2ClH.3H/c1-3-2;;;;;;;/h1,3H2,2H3;;;2*1H;;;/q;;+2;;;;;/p-2. The van der Waals surface area contributed by atoms with Gasteiger partial charge < -0.3 is 0 Å². The minimum absolute atomic E-state index is 0. The molecule has 7 heavy (non-hydrogen) atoms. The van der Waals surface area contributed by atoms with E-state index in [0.717, 1.165) is 11.7 Å². The molecule has 0 nitrogen and oxygen atoms in total. The third-order valence-corrected chi connectivity index (χ3v) is 2.83. The van der Waals surface area contributed by atoms with E-state index in [9.17, 15) is 0 Å². The van der Waals surface area contributed by atoms with E-state index in [0.29, 0.717) is 0 Å². The summed E-state index contributed by atoms with van der Waals surface area (Å²) in [6.45, 7) is 2.09. The SMILES string of the molecule is CC[CH2][Al]([Cl])[Cl].[AlH3]. The van der Waals surface area contributed by atoms with Crippen LogP contribution >= 0.6 is 20.1 Å². The third-order valence-electron chi connectivity index (χ3n) is 0.507. The number of rotatable bonds is 2. The molecule has 0 heterocycles. The predicted molar refractivity (Wildman–Crippen MR) is 42.5 cm³/mol. The summed E-state index contributed by atoms with van der Waals surface area (Å²) in [4.78, 5) is 0. The summed E-state index contributed by atoms with van der Waals surface area (Å²) in [6.07, 6.45) is 1.13. The summed E-state index contributed by atoms with van der Waals surface area (Å²) in [6, 6.07) is 0. The zero-order chi connectivity index (χ0) is 4.99. The second-order valence-corrected chi connectivity index (χ2v) is 6.37. The Balaban J connectivity index is 0. The molecule has 0 spiro atoms. The Hall–Kier alpha value is 1.64. The Morgan fingerprint density at radius 3 is 1.86 bits per heavy atom. The van der Waals surface area contributed by atoms with Crippen LogP contribution in [0.3, 0.4) is 0 Å². The van der Waals surface area contributed by atoms with Crippen molar-refractivity contribution in [3.05, 3.63) is 0 Å².